The van der Waals surface area contributed by atoms with E-state index in [9.17, 15) is 5.11 Å². The van der Waals surface area contributed by atoms with Crippen LogP contribution in [0, 0.1) is 0 Å². The average Bonchev–Trinajstić information content (AvgIpc) is 2.07. The van der Waals surface area contributed by atoms with Crippen LogP contribution in [0.2, 0.25) is 0 Å². The maximum atomic E-state index is 11.2. The summed E-state index contributed by atoms with van der Waals surface area (Å²) in [6, 6.07) is 0. The highest BCUT2D eigenvalue weighted by molar-refractivity contribution is 4.90. The van der Waals surface area contributed by atoms with E-state index in [0.29, 0.717) is 13.2 Å². The van der Waals surface area contributed by atoms with Gasteiger partial charge in [-0.15, -0.1) is 0 Å². The fourth-order valence-electron chi connectivity index (χ4n) is 1.09. The van der Waals surface area contributed by atoms with Gasteiger partial charge in [-0.25, -0.2) is 0 Å². The Labute approximate surface area is 67.3 Å². The van der Waals surface area contributed by atoms with Crippen LogP contribution in [0.1, 0.15) is 13.3 Å². The maximum Gasteiger partial charge on any atom is 0.242 e. The zero-order valence-corrected chi connectivity index (χ0v) is 6.88. The standard InChI is InChI=1S/C8H14NO2/c1-2-3-8(10)9-4-6-11-7-5-9/h3H,2,4-7H2,1H3/b8-3+. The first-order chi connectivity index (χ1) is 5.34. The first-order valence-corrected chi connectivity index (χ1v) is 4.04. The maximum absolute atomic E-state index is 11.2. The van der Waals surface area contributed by atoms with Crippen molar-refractivity contribution >= 4 is 0 Å². The normalized spacial score (nSPS) is 20.5. The molecule has 0 aliphatic carbocycles. The SMILES string of the molecule is CC/C=C(/[O])N1CCOCC1. The van der Waals surface area contributed by atoms with Crippen molar-refractivity contribution in [2.75, 3.05) is 26.3 Å². The Balaban J connectivity index is 2.38. The van der Waals surface area contributed by atoms with Crippen LogP contribution >= 0.6 is 0 Å². The molecule has 0 amide bonds. The molecule has 1 heterocycles. The van der Waals surface area contributed by atoms with E-state index in [-0.39, 0.29) is 5.88 Å². The molecule has 3 nitrogen and oxygen atoms in total. The first kappa shape index (κ1) is 8.40. The molecule has 63 valence electrons. The lowest BCUT2D eigenvalue weighted by Gasteiger charge is -2.25. The van der Waals surface area contributed by atoms with Gasteiger partial charge in [0, 0.05) is 13.1 Å². The highest BCUT2D eigenvalue weighted by Gasteiger charge is 2.12. The molecule has 1 aliphatic heterocycles. The molecule has 1 rings (SSSR count). The predicted molar refractivity (Wildman–Crippen MR) is 41.5 cm³/mol. The Hall–Kier alpha value is -0.700. The predicted octanol–water partition coefficient (Wildman–Crippen LogP) is 1.00. The summed E-state index contributed by atoms with van der Waals surface area (Å²) >= 11 is 0. The summed E-state index contributed by atoms with van der Waals surface area (Å²) in [5.74, 6) is 0.149. The molecule has 1 saturated heterocycles. The Morgan fingerprint density at radius 2 is 2.18 bits per heavy atom. The smallest absolute Gasteiger partial charge is 0.242 e. The van der Waals surface area contributed by atoms with Gasteiger partial charge in [-0.2, -0.15) is 0 Å². The van der Waals surface area contributed by atoms with Gasteiger partial charge in [-0.3, -0.25) is 5.11 Å². The second kappa shape index (κ2) is 4.23. The Morgan fingerprint density at radius 3 is 2.73 bits per heavy atom. The molecule has 1 aliphatic rings. The molecule has 0 saturated carbocycles. The largest absolute Gasteiger partial charge is 0.378 e. The zero-order chi connectivity index (χ0) is 8.10. The molecule has 0 atom stereocenters. The van der Waals surface area contributed by atoms with E-state index in [0.717, 1.165) is 19.5 Å². The van der Waals surface area contributed by atoms with E-state index in [1.54, 1.807) is 6.08 Å². The van der Waals surface area contributed by atoms with Gasteiger partial charge < -0.3 is 9.64 Å². The molecule has 11 heavy (non-hydrogen) atoms. The van der Waals surface area contributed by atoms with E-state index in [4.69, 9.17) is 4.74 Å². The number of allylic oxidation sites excluding steroid dienone is 1. The Kier molecular flexibility index (Phi) is 3.23. The van der Waals surface area contributed by atoms with Crippen molar-refractivity contribution in [1.82, 2.24) is 4.90 Å². The third-order valence-corrected chi connectivity index (χ3v) is 1.70. The molecule has 0 aromatic rings. The second-order valence-corrected chi connectivity index (χ2v) is 2.55. The van der Waals surface area contributed by atoms with Crippen molar-refractivity contribution in [3.05, 3.63) is 12.0 Å². The summed E-state index contributed by atoms with van der Waals surface area (Å²) in [7, 11) is 0. The van der Waals surface area contributed by atoms with Gasteiger partial charge in [0.1, 0.15) is 0 Å². The van der Waals surface area contributed by atoms with Gasteiger partial charge in [0.05, 0.1) is 13.2 Å². The number of hydrogen-bond donors (Lipinski definition) is 0. The van der Waals surface area contributed by atoms with Crippen LogP contribution in [0.3, 0.4) is 0 Å². The van der Waals surface area contributed by atoms with Crippen molar-refractivity contribution in [3.8, 4) is 0 Å². The lowest BCUT2D eigenvalue weighted by molar-refractivity contribution is 0.0195. The highest BCUT2D eigenvalue weighted by Crippen LogP contribution is 2.05. The quantitative estimate of drug-likeness (QED) is 0.559. The summed E-state index contributed by atoms with van der Waals surface area (Å²) in [4.78, 5) is 1.83. The molecule has 0 aromatic carbocycles. The van der Waals surface area contributed by atoms with Crippen LogP contribution in [0.15, 0.2) is 12.0 Å². The number of hydrogen-bond acceptors (Lipinski definition) is 2. The topological polar surface area (TPSA) is 32.4 Å². The highest BCUT2D eigenvalue weighted by atomic mass is 16.5. The summed E-state index contributed by atoms with van der Waals surface area (Å²) in [5.41, 5.74) is 0. The molecular formula is C8H14NO2. The van der Waals surface area contributed by atoms with Crippen molar-refractivity contribution in [2.45, 2.75) is 13.3 Å². The minimum atomic E-state index is 0.149. The van der Waals surface area contributed by atoms with Crippen LogP contribution < -0.4 is 0 Å². The van der Waals surface area contributed by atoms with E-state index in [2.05, 4.69) is 0 Å². The molecule has 0 bridgehead atoms. The number of rotatable bonds is 2. The molecule has 0 spiro atoms. The van der Waals surface area contributed by atoms with Crippen molar-refractivity contribution < 1.29 is 9.84 Å². The van der Waals surface area contributed by atoms with Gasteiger partial charge in [-0.1, -0.05) is 6.92 Å². The Morgan fingerprint density at radius 1 is 1.55 bits per heavy atom. The molecule has 0 aromatic heterocycles. The third kappa shape index (κ3) is 2.42. The molecule has 1 fully saturated rings. The first-order valence-electron chi connectivity index (χ1n) is 4.04. The van der Waals surface area contributed by atoms with Crippen LogP contribution in [-0.4, -0.2) is 31.2 Å². The lowest BCUT2D eigenvalue weighted by Crippen LogP contribution is -2.35. The van der Waals surface area contributed by atoms with Gasteiger partial charge in [0.2, 0.25) is 5.88 Å². The minimum Gasteiger partial charge on any atom is -0.378 e. The minimum absolute atomic E-state index is 0.149. The van der Waals surface area contributed by atoms with Gasteiger partial charge >= 0.3 is 0 Å². The summed E-state index contributed by atoms with van der Waals surface area (Å²) < 4.78 is 5.12. The van der Waals surface area contributed by atoms with Crippen LogP contribution in [0.25, 0.3) is 0 Å². The molecule has 3 heteroatoms. The van der Waals surface area contributed by atoms with Gasteiger partial charge in [0.15, 0.2) is 0 Å². The molecule has 0 unspecified atom stereocenters. The lowest BCUT2D eigenvalue weighted by atomic mass is 10.4. The fraction of sp³-hybridized carbons (Fsp3) is 0.750. The van der Waals surface area contributed by atoms with Crippen molar-refractivity contribution in [3.63, 3.8) is 0 Å². The summed E-state index contributed by atoms with van der Waals surface area (Å²) in [6.07, 6.45) is 2.53. The van der Waals surface area contributed by atoms with Crippen LogP contribution in [0.4, 0.5) is 0 Å². The molecular weight excluding hydrogens is 142 g/mol. The molecule has 0 N–H and O–H groups in total. The number of ether oxygens (including phenoxy) is 1. The number of nitrogens with zero attached hydrogens (tertiary/aromatic N) is 1. The summed E-state index contributed by atoms with van der Waals surface area (Å²) in [5, 5.41) is 11.2. The monoisotopic (exact) mass is 156 g/mol. The second-order valence-electron chi connectivity index (χ2n) is 2.55. The zero-order valence-electron chi connectivity index (χ0n) is 6.88. The number of morpholine rings is 1. The average molecular weight is 156 g/mol. The fourth-order valence-corrected chi connectivity index (χ4v) is 1.09. The van der Waals surface area contributed by atoms with Crippen molar-refractivity contribution in [2.24, 2.45) is 0 Å². The molecule has 1 radical (unpaired) electrons. The van der Waals surface area contributed by atoms with Crippen molar-refractivity contribution in [1.29, 1.82) is 0 Å². The Bertz CT molecular complexity index is 139. The van der Waals surface area contributed by atoms with Crippen LogP contribution in [0.5, 0.6) is 0 Å². The van der Waals surface area contributed by atoms with Gasteiger partial charge in [-0.05, 0) is 12.5 Å². The van der Waals surface area contributed by atoms with E-state index in [1.807, 2.05) is 11.8 Å². The van der Waals surface area contributed by atoms with E-state index in [1.165, 1.54) is 0 Å². The third-order valence-electron chi connectivity index (χ3n) is 1.70. The summed E-state index contributed by atoms with van der Waals surface area (Å²) in [6.45, 7) is 4.83. The van der Waals surface area contributed by atoms with Crippen LogP contribution in [-0.2, 0) is 9.84 Å². The van der Waals surface area contributed by atoms with E-state index >= 15 is 0 Å². The van der Waals surface area contributed by atoms with Gasteiger partial charge in [0.25, 0.3) is 0 Å². The van der Waals surface area contributed by atoms with E-state index < -0.39 is 0 Å².